The third-order valence-electron chi connectivity index (χ3n) is 4.23. The molecule has 1 aliphatic heterocycles. The van der Waals surface area contributed by atoms with Gasteiger partial charge in [-0.2, -0.15) is 13.2 Å². The van der Waals surface area contributed by atoms with Crippen LogP contribution in [0, 0.1) is 0 Å². The molecule has 1 heterocycles. The van der Waals surface area contributed by atoms with Crippen LogP contribution in [-0.4, -0.2) is 69.5 Å². The normalized spacial score (nSPS) is 19.2. The Morgan fingerprint density at radius 3 is 2.17 bits per heavy atom. The summed E-state index contributed by atoms with van der Waals surface area (Å²) in [6, 6.07) is 4.94. The molecule has 0 spiro atoms. The fourth-order valence-electron chi connectivity index (χ4n) is 2.54. The zero-order valence-electron chi connectivity index (χ0n) is 13.7. The number of alkyl halides is 3. The number of benzene rings is 1. The third kappa shape index (κ3) is 4.40. The van der Waals surface area contributed by atoms with Gasteiger partial charge in [0, 0.05) is 44.5 Å². The smallest absolute Gasteiger partial charge is 0.383 e. The lowest BCUT2D eigenvalue weighted by Gasteiger charge is -2.36. The molecule has 2 rings (SSSR count). The Labute approximate surface area is 140 Å². The molecule has 0 aliphatic carbocycles. The molecule has 0 saturated carbocycles. The van der Waals surface area contributed by atoms with Gasteiger partial charge < -0.3 is 10.2 Å². The zero-order chi connectivity index (χ0) is 18.0. The molecule has 1 fully saturated rings. The van der Waals surface area contributed by atoms with Crippen LogP contribution in [0.5, 0.6) is 0 Å². The van der Waals surface area contributed by atoms with Gasteiger partial charge in [-0.15, -0.1) is 0 Å². The summed E-state index contributed by atoms with van der Waals surface area (Å²) in [5.41, 5.74) is -4.69. The van der Waals surface area contributed by atoms with Crippen molar-refractivity contribution >= 4 is 15.5 Å². The molecule has 1 saturated heterocycles. The van der Waals surface area contributed by atoms with E-state index >= 15 is 0 Å². The standard InChI is InChI=1S/C15H22F3N3O2S/c1-12(21-9-7-20(2)8-10-21)11-19-13-3-5-14(6-4-13)24(22,23)15(16,17)18/h3-6,12,19H,7-11H2,1-2H3. The molecule has 0 bridgehead atoms. The van der Waals surface area contributed by atoms with Crippen LogP contribution < -0.4 is 5.32 Å². The van der Waals surface area contributed by atoms with Gasteiger partial charge in [-0.3, -0.25) is 4.90 Å². The SMILES string of the molecule is CC(CNc1ccc(S(=O)(=O)C(F)(F)F)cc1)N1CCN(C)CC1. The largest absolute Gasteiger partial charge is 0.501 e. The number of sulfone groups is 1. The Bertz CT molecular complexity index is 639. The molecule has 1 aromatic rings. The first-order valence-electron chi connectivity index (χ1n) is 7.69. The summed E-state index contributed by atoms with van der Waals surface area (Å²) < 4.78 is 60.1. The number of anilines is 1. The van der Waals surface area contributed by atoms with Gasteiger partial charge in [0.25, 0.3) is 9.84 Å². The summed E-state index contributed by atoms with van der Waals surface area (Å²) in [7, 11) is -3.21. The van der Waals surface area contributed by atoms with E-state index in [2.05, 4.69) is 29.1 Å². The van der Waals surface area contributed by atoms with E-state index in [4.69, 9.17) is 0 Å². The lowest BCUT2D eigenvalue weighted by molar-refractivity contribution is -0.0436. The quantitative estimate of drug-likeness (QED) is 0.865. The minimum absolute atomic E-state index is 0.275. The first-order chi connectivity index (χ1) is 11.1. The Hall–Kier alpha value is -1.32. The van der Waals surface area contributed by atoms with E-state index in [0.29, 0.717) is 12.2 Å². The molecule has 5 nitrogen and oxygen atoms in total. The van der Waals surface area contributed by atoms with Gasteiger partial charge in [0.05, 0.1) is 4.90 Å². The fourth-order valence-corrected chi connectivity index (χ4v) is 3.30. The molecule has 0 aromatic heterocycles. The van der Waals surface area contributed by atoms with Crippen LogP contribution >= 0.6 is 0 Å². The number of hydrogen-bond donors (Lipinski definition) is 1. The van der Waals surface area contributed by atoms with E-state index in [9.17, 15) is 21.6 Å². The molecule has 1 aliphatic rings. The highest BCUT2D eigenvalue weighted by molar-refractivity contribution is 7.92. The van der Waals surface area contributed by atoms with Crippen molar-refractivity contribution in [1.82, 2.24) is 9.80 Å². The lowest BCUT2D eigenvalue weighted by Crippen LogP contribution is -2.49. The van der Waals surface area contributed by atoms with Crippen molar-refractivity contribution in [1.29, 1.82) is 0 Å². The summed E-state index contributed by atoms with van der Waals surface area (Å²) in [6.07, 6.45) is 0. The number of nitrogens with one attached hydrogen (secondary N) is 1. The summed E-state index contributed by atoms with van der Waals surface area (Å²) in [5.74, 6) is 0. The van der Waals surface area contributed by atoms with Gasteiger partial charge in [-0.25, -0.2) is 8.42 Å². The van der Waals surface area contributed by atoms with E-state index < -0.39 is 20.2 Å². The number of likely N-dealkylation sites (N-methyl/N-ethyl adjacent to an activating group) is 1. The molecule has 1 unspecified atom stereocenters. The Morgan fingerprint density at radius 2 is 1.67 bits per heavy atom. The summed E-state index contributed by atoms with van der Waals surface area (Å²) in [4.78, 5) is 3.86. The third-order valence-corrected chi connectivity index (χ3v) is 5.73. The van der Waals surface area contributed by atoms with Crippen LogP contribution in [0.3, 0.4) is 0 Å². The lowest BCUT2D eigenvalue weighted by atomic mass is 10.2. The van der Waals surface area contributed by atoms with Crippen molar-refractivity contribution < 1.29 is 21.6 Å². The average molecular weight is 365 g/mol. The van der Waals surface area contributed by atoms with E-state index in [1.807, 2.05) is 0 Å². The maximum Gasteiger partial charge on any atom is 0.501 e. The van der Waals surface area contributed by atoms with Gasteiger partial charge in [0.2, 0.25) is 0 Å². The molecular weight excluding hydrogens is 343 g/mol. The van der Waals surface area contributed by atoms with E-state index in [1.54, 1.807) is 0 Å². The van der Waals surface area contributed by atoms with Crippen molar-refractivity contribution in [2.75, 3.05) is 45.1 Å². The second-order valence-corrected chi connectivity index (χ2v) is 7.98. The van der Waals surface area contributed by atoms with Crippen LogP contribution in [0.4, 0.5) is 18.9 Å². The van der Waals surface area contributed by atoms with E-state index in [1.165, 1.54) is 12.1 Å². The molecule has 1 N–H and O–H groups in total. The minimum atomic E-state index is -5.29. The number of halogens is 3. The molecule has 0 amide bonds. The number of rotatable bonds is 5. The van der Waals surface area contributed by atoms with Crippen molar-refractivity contribution in [3.63, 3.8) is 0 Å². The summed E-state index contributed by atoms with van der Waals surface area (Å²) in [6.45, 7) is 6.68. The van der Waals surface area contributed by atoms with Crippen molar-refractivity contribution in [3.8, 4) is 0 Å². The van der Waals surface area contributed by atoms with Gasteiger partial charge in [0.15, 0.2) is 0 Å². The highest BCUT2D eigenvalue weighted by atomic mass is 32.2. The average Bonchev–Trinajstić information content (AvgIpc) is 2.52. The Kier molecular flexibility index (Phi) is 5.77. The molecule has 136 valence electrons. The van der Waals surface area contributed by atoms with E-state index in [-0.39, 0.29) is 6.04 Å². The monoisotopic (exact) mass is 365 g/mol. The zero-order valence-corrected chi connectivity index (χ0v) is 14.5. The Balaban J connectivity index is 1.93. The highest BCUT2D eigenvalue weighted by Gasteiger charge is 2.46. The first-order valence-corrected chi connectivity index (χ1v) is 9.17. The van der Waals surface area contributed by atoms with Gasteiger partial charge in [-0.1, -0.05) is 0 Å². The van der Waals surface area contributed by atoms with Gasteiger partial charge in [0.1, 0.15) is 0 Å². The number of piperazine rings is 1. The highest BCUT2D eigenvalue weighted by Crippen LogP contribution is 2.30. The van der Waals surface area contributed by atoms with Crippen molar-refractivity contribution in [2.24, 2.45) is 0 Å². The molecule has 1 aromatic carbocycles. The van der Waals surface area contributed by atoms with Crippen LogP contribution in [0.15, 0.2) is 29.2 Å². The van der Waals surface area contributed by atoms with Gasteiger partial charge in [-0.05, 0) is 38.2 Å². The number of hydrogen-bond acceptors (Lipinski definition) is 5. The summed E-state index contributed by atoms with van der Waals surface area (Å²) in [5, 5.41) is 3.14. The molecule has 1 atom stereocenters. The van der Waals surface area contributed by atoms with Crippen LogP contribution in [0.25, 0.3) is 0 Å². The summed E-state index contributed by atoms with van der Waals surface area (Å²) >= 11 is 0. The number of nitrogens with zero attached hydrogens (tertiary/aromatic N) is 2. The minimum Gasteiger partial charge on any atom is -0.383 e. The molecule has 0 radical (unpaired) electrons. The molecule has 24 heavy (non-hydrogen) atoms. The van der Waals surface area contributed by atoms with E-state index in [0.717, 1.165) is 38.3 Å². The maximum atomic E-state index is 12.5. The van der Waals surface area contributed by atoms with Crippen molar-refractivity contribution in [2.45, 2.75) is 23.4 Å². The van der Waals surface area contributed by atoms with Crippen LogP contribution in [0.2, 0.25) is 0 Å². The van der Waals surface area contributed by atoms with Crippen LogP contribution in [0.1, 0.15) is 6.92 Å². The fraction of sp³-hybridized carbons (Fsp3) is 0.600. The Morgan fingerprint density at radius 1 is 1.12 bits per heavy atom. The predicted molar refractivity (Wildman–Crippen MR) is 86.7 cm³/mol. The van der Waals surface area contributed by atoms with Gasteiger partial charge >= 0.3 is 5.51 Å². The first kappa shape index (κ1) is 19.0. The topological polar surface area (TPSA) is 52.7 Å². The second-order valence-electron chi connectivity index (χ2n) is 6.04. The van der Waals surface area contributed by atoms with Crippen LogP contribution in [-0.2, 0) is 9.84 Å². The second kappa shape index (κ2) is 7.28. The predicted octanol–water partition coefficient (Wildman–Crippen LogP) is 2.03. The maximum absolute atomic E-state index is 12.5. The molecular formula is C15H22F3N3O2S. The molecule has 9 heteroatoms. The van der Waals surface area contributed by atoms with Crippen molar-refractivity contribution in [3.05, 3.63) is 24.3 Å².